The highest BCUT2D eigenvalue weighted by atomic mass is 19.1. The average Bonchev–Trinajstić information content (AvgIpc) is 2.61. The van der Waals surface area contributed by atoms with Crippen LogP contribution < -0.4 is 0 Å². The fraction of sp³-hybridized carbons (Fsp3) is 0.667. The molecule has 0 N–H and O–H groups in total. The van der Waals surface area contributed by atoms with Crippen molar-refractivity contribution in [3.8, 4) is 0 Å². The van der Waals surface area contributed by atoms with Crippen molar-refractivity contribution in [2.45, 2.75) is 25.6 Å². The fourth-order valence-corrected chi connectivity index (χ4v) is 1.81. The lowest BCUT2D eigenvalue weighted by Crippen LogP contribution is -2.31. The monoisotopic (exact) mass is 229 g/mol. The normalized spacial score (nSPS) is 25.6. The number of hydrogen-bond donors (Lipinski definition) is 0. The van der Waals surface area contributed by atoms with Crippen LogP contribution in [-0.2, 0) is 4.74 Å². The molecule has 0 saturated carbocycles. The lowest BCUT2D eigenvalue weighted by atomic mass is 10.1. The second-order valence-corrected chi connectivity index (χ2v) is 3.78. The number of ether oxygens (including phenoxy) is 1. The van der Waals surface area contributed by atoms with E-state index in [0.717, 1.165) is 0 Å². The van der Waals surface area contributed by atoms with Crippen LogP contribution >= 0.6 is 0 Å². The van der Waals surface area contributed by atoms with Crippen LogP contribution in [0.2, 0.25) is 0 Å². The first-order chi connectivity index (χ1) is 7.59. The van der Waals surface area contributed by atoms with Crippen molar-refractivity contribution in [2.75, 3.05) is 13.2 Å². The Bertz CT molecular complexity index is 407. The summed E-state index contributed by atoms with van der Waals surface area (Å²) in [5.41, 5.74) is 0.238. The average molecular weight is 229 g/mol. The Morgan fingerprint density at radius 3 is 3.06 bits per heavy atom. The van der Waals surface area contributed by atoms with Crippen molar-refractivity contribution in [1.29, 1.82) is 0 Å². The van der Waals surface area contributed by atoms with Crippen LogP contribution in [0.25, 0.3) is 0 Å². The number of aromatic nitrogens is 2. The smallest absolute Gasteiger partial charge is 0.309 e. The Kier molecular flexibility index (Phi) is 2.86. The highest BCUT2D eigenvalue weighted by Crippen LogP contribution is 2.26. The maximum absolute atomic E-state index is 13.5. The van der Waals surface area contributed by atoms with Gasteiger partial charge < -0.3 is 4.74 Å². The van der Waals surface area contributed by atoms with Crippen LogP contribution in [-0.4, -0.2) is 34.1 Å². The second-order valence-electron chi connectivity index (χ2n) is 3.78. The van der Waals surface area contributed by atoms with Crippen LogP contribution in [0.4, 0.5) is 10.1 Å². The zero-order valence-electron chi connectivity index (χ0n) is 8.80. The highest BCUT2D eigenvalue weighted by Gasteiger charge is 2.29. The van der Waals surface area contributed by atoms with E-state index in [1.165, 1.54) is 10.9 Å². The third-order valence-corrected chi connectivity index (χ3v) is 2.68. The minimum Gasteiger partial charge on any atom is -0.378 e. The minimum absolute atomic E-state index is 0.0252. The van der Waals surface area contributed by atoms with Gasteiger partial charge in [-0.15, -0.1) is 0 Å². The molecule has 6 nitrogen and oxygen atoms in total. The minimum atomic E-state index is -1.16. The van der Waals surface area contributed by atoms with Crippen LogP contribution in [0.15, 0.2) is 6.20 Å². The zero-order valence-corrected chi connectivity index (χ0v) is 8.80. The van der Waals surface area contributed by atoms with Crippen molar-refractivity contribution in [3.05, 3.63) is 22.0 Å². The summed E-state index contributed by atoms with van der Waals surface area (Å²) in [6.07, 6.45) is 0.616. The summed E-state index contributed by atoms with van der Waals surface area (Å²) in [4.78, 5) is 10.1. The van der Waals surface area contributed by atoms with Gasteiger partial charge >= 0.3 is 5.69 Å². The Balaban J connectivity index is 2.26. The molecular formula is C9H12FN3O3. The standard InChI is InChI=1S/C9H12FN3O3/c1-6-9(13(14)15)4-12(11-6)8-2-3-16-5-7(8)10/h4,7-8H,2-3,5H2,1H3. The molecule has 0 radical (unpaired) electrons. The Morgan fingerprint density at radius 2 is 2.50 bits per heavy atom. The van der Waals surface area contributed by atoms with Crippen molar-refractivity contribution >= 4 is 5.69 Å². The first-order valence-electron chi connectivity index (χ1n) is 5.01. The Labute approximate surface area is 91.2 Å². The van der Waals surface area contributed by atoms with Crippen LogP contribution in [0.5, 0.6) is 0 Å². The lowest BCUT2D eigenvalue weighted by molar-refractivity contribution is -0.385. The molecule has 1 aliphatic rings. The maximum Gasteiger partial charge on any atom is 0.309 e. The van der Waals surface area contributed by atoms with Crippen molar-refractivity contribution in [2.24, 2.45) is 0 Å². The van der Waals surface area contributed by atoms with Gasteiger partial charge in [-0.3, -0.25) is 14.8 Å². The summed E-state index contributed by atoms with van der Waals surface area (Å²) in [5.74, 6) is 0. The highest BCUT2D eigenvalue weighted by molar-refractivity contribution is 5.31. The van der Waals surface area contributed by atoms with Gasteiger partial charge in [-0.1, -0.05) is 0 Å². The molecule has 0 amide bonds. The molecule has 1 aromatic heterocycles. The molecule has 2 unspecified atom stereocenters. The molecule has 0 aliphatic carbocycles. The molecule has 0 aromatic carbocycles. The van der Waals surface area contributed by atoms with E-state index in [1.807, 2.05) is 0 Å². The van der Waals surface area contributed by atoms with Crippen molar-refractivity contribution in [1.82, 2.24) is 9.78 Å². The quantitative estimate of drug-likeness (QED) is 0.567. The fourth-order valence-electron chi connectivity index (χ4n) is 1.81. The second kappa shape index (κ2) is 4.17. The van der Waals surface area contributed by atoms with E-state index in [-0.39, 0.29) is 12.3 Å². The lowest BCUT2D eigenvalue weighted by Gasteiger charge is -2.25. The molecule has 16 heavy (non-hydrogen) atoms. The van der Waals surface area contributed by atoms with Gasteiger partial charge in [0.1, 0.15) is 18.1 Å². The van der Waals surface area contributed by atoms with E-state index >= 15 is 0 Å². The number of alkyl halides is 1. The molecule has 88 valence electrons. The third kappa shape index (κ3) is 1.90. The topological polar surface area (TPSA) is 70.2 Å². The number of nitro groups is 1. The van der Waals surface area contributed by atoms with E-state index in [1.54, 1.807) is 6.92 Å². The predicted octanol–water partition coefficient (Wildman–Crippen LogP) is 1.40. The van der Waals surface area contributed by atoms with Gasteiger partial charge in [-0.25, -0.2) is 4.39 Å². The van der Waals surface area contributed by atoms with Gasteiger partial charge in [0.2, 0.25) is 0 Å². The van der Waals surface area contributed by atoms with E-state index in [0.29, 0.717) is 18.7 Å². The molecule has 1 fully saturated rings. The summed E-state index contributed by atoms with van der Waals surface area (Å²) in [6, 6.07) is -0.457. The molecule has 2 rings (SSSR count). The SMILES string of the molecule is Cc1nn(C2CCOCC2F)cc1[N+](=O)[O-]. The van der Waals surface area contributed by atoms with E-state index in [2.05, 4.69) is 5.10 Å². The molecule has 7 heteroatoms. The molecule has 2 atom stereocenters. The molecule has 0 bridgehead atoms. The Hall–Kier alpha value is -1.50. The summed E-state index contributed by atoms with van der Waals surface area (Å²) >= 11 is 0. The molecule has 0 spiro atoms. The molecule has 1 aliphatic heterocycles. The first kappa shape index (κ1) is 11.0. The van der Waals surface area contributed by atoms with Gasteiger partial charge in [0, 0.05) is 6.61 Å². The third-order valence-electron chi connectivity index (χ3n) is 2.68. The molecule has 2 heterocycles. The maximum atomic E-state index is 13.5. The van der Waals surface area contributed by atoms with Crippen molar-refractivity contribution in [3.63, 3.8) is 0 Å². The van der Waals surface area contributed by atoms with Crippen LogP contribution in [0, 0.1) is 17.0 Å². The summed E-state index contributed by atoms with van der Waals surface area (Å²) < 4.78 is 19.8. The van der Waals surface area contributed by atoms with Crippen molar-refractivity contribution < 1.29 is 14.1 Å². The summed E-state index contributed by atoms with van der Waals surface area (Å²) in [7, 11) is 0. The molecule has 1 aromatic rings. The largest absolute Gasteiger partial charge is 0.378 e. The summed E-state index contributed by atoms with van der Waals surface area (Å²) in [6.45, 7) is 2.02. The predicted molar refractivity (Wildman–Crippen MR) is 53.0 cm³/mol. The van der Waals surface area contributed by atoms with Gasteiger partial charge in [0.15, 0.2) is 0 Å². The van der Waals surface area contributed by atoms with E-state index < -0.39 is 17.1 Å². The van der Waals surface area contributed by atoms with Crippen LogP contribution in [0.1, 0.15) is 18.2 Å². The zero-order chi connectivity index (χ0) is 11.7. The first-order valence-corrected chi connectivity index (χ1v) is 5.01. The summed E-state index contributed by atoms with van der Waals surface area (Å²) in [5, 5.41) is 14.6. The van der Waals surface area contributed by atoms with Gasteiger partial charge in [-0.05, 0) is 13.3 Å². The number of rotatable bonds is 2. The Morgan fingerprint density at radius 1 is 1.75 bits per heavy atom. The number of halogens is 1. The van der Waals surface area contributed by atoms with Crippen LogP contribution in [0.3, 0.4) is 0 Å². The van der Waals surface area contributed by atoms with E-state index in [9.17, 15) is 14.5 Å². The number of hydrogen-bond acceptors (Lipinski definition) is 4. The van der Waals surface area contributed by atoms with Gasteiger partial charge in [0.25, 0.3) is 0 Å². The number of nitrogens with zero attached hydrogens (tertiary/aromatic N) is 3. The van der Waals surface area contributed by atoms with Gasteiger partial charge in [-0.2, -0.15) is 5.10 Å². The number of aryl methyl sites for hydroxylation is 1. The van der Waals surface area contributed by atoms with Gasteiger partial charge in [0.05, 0.1) is 17.6 Å². The van der Waals surface area contributed by atoms with E-state index in [4.69, 9.17) is 4.74 Å². The molecule has 1 saturated heterocycles. The molecular weight excluding hydrogens is 217 g/mol.